The number of aliphatic hydroxyl groups is 1. The van der Waals surface area contributed by atoms with Crippen LogP contribution < -0.4 is 0 Å². The van der Waals surface area contributed by atoms with Crippen molar-refractivity contribution < 1.29 is 5.11 Å². The minimum Gasteiger partial charge on any atom is -0.383 e. The minimum atomic E-state index is -1.13. The molecule has 0 fully saturated rings. The lowest BCUT2D eigenvalue weighted by atomic mass is 9.71. The van der Waals surface area contributed by atoms with Gasteiger partial charge in [-0.05, 0) is 33.6 Å². The van der Waals surface area contributed by atoms with E-state index >= 15 is 0 Å². The van der Waals surface area contributed by atoms with Crippen molar-refractivity contribution in [3.63, 3.8) is 0 Å². The van der Waals surface area contributed by atoms with Crippen molar-refractivity contribution in [1.82, 2.24) is 15.0 Å². The van der Waals surface area contributed by atoms with Crippen LogP contribution in [0.3, 0.4) is 0 Å². The molecule has 29 heavy (non-hydrogen) atoms. The third kappa shape index (κ3) is 4.54. The molecule has 0 radical (unpaired) electrons. The lowest BCUT2D eigenvalue weighted by molar-refractivity contribution is -0.0676. The van der Waals surface area contributed by atoms with Crippen LogP contribution in [0.4, 0.5) is 0 Å². The normalized spacial score (nSPS) is 14.4. The van der Waals surface area contributed by atoms with Gasteiger partial charge in [-0.3, -0.25) is 4.98 Å². The molecule has 1 atom stereocenters. The third-order valence-corrected chi connectivity index (χ3v) is 5.59. The molecule has 1 aromatic carbocycles. The number of benzene rings is 1. The van der Waals surface area contributed by atoms with Crippen molar-refractivity contribution in [2.24, 2.45) is 5.41 Å². The minimum absolute atomic E-state index is 0.130. The van der Waals surface area contributed by atoms with Gasteiger partial charge in [0.25, 0.3) is 0 Å². The molecule has 152 valence electrons. The first-order valence-corrected chi connectivity index (χ1v) is 10.0. The van der Waals surface area contributed by atoms with Gasteiger partial charge in [-0.25, -0.2) is 9.97 Å². The molecule has 0 saturated heterocycles. The third-order valence-electron chi connectivity index (χ3n) is 5.59. The molecule has 1 N–H and O–H groups in total. The van der Waals surface area contributed by atoms with E-state index in [0.29, 0.717) is 12.1 Å². The van der Waals surface area contributed by atoms with Crippen molar-refractivity contribution in [3.05, 3.63) is 78.1 Å². The Labute approximate surface area is 174 Å². The lowest BCUT2D eigenvalue weighted by Crippen LogP contribution is -2.42. The van der Waals surface area contributed by atoms with Crippen molar-refractivity contribution in [2.45, 2.75) is 59.0 Å². The molecule has 3 aromatic rings. The van der Waals surface area contributed by atoms with E-state index in [4.69, 9.17) is 0 Å². The Kier molecular flexibility index (Phi) is 5.59. The van der Waals surface area contributed by atoms with Crippen LogP contribution in [0.5, 0.6) is 0 Å². The van der Waals surface area contributed by atoms with Gasteiger partial charge in [-0.1, -0.05) is 71.9 Å². The maximum atomic E-state index is 11.6. The summed E-state index contributed by atoms with van der Waals surface area (Å²) in [5, 5.41) is 11.6. The summed E-state index contributed by atoms with van der Waals surface area (Å²) in [6.45, 7) is 12.7. The van der Waals surface area contributed by atoms with Crippen LogP contribution in [0.2, 0.25) is 0 Å². The SMILES string of the molecule is CC(C)(C)c1ccc(-c2ccc(C(O)(Cc3cncnc3)C(C)(C)C)nc2)cc1. The molecular formula is C25H31N3O. The highest BCUT2D eigenvalue weighted by molar-refractivity contribution is 5.63. The topological polar surface area (TPSA) is 58.9 Å². The highest BCUT2D eigenvalue weighted by atomic mass is 16.3. The smallest absolute Gasteiger partial charge is 0.115 e. The summed E-state index contributed by atoms with van der Waals surface area (Å²) in [4.78, 5) is 12.8. The van der Waals surface area contributed by atoms with Gasteiger partial charge in [0.2, 0.25) is 0 Å². The molecule has 0 bridgehead atoms. The van der Waals surface area contributed by atoms with Crippen molar-refractivity contribution >= 4 is 0 Å². The number of hydrogen-bond acceptors (Lipinski definition) is 4. The summed E-state index contributed by atoms with van der Waals surface area (Å²) in [6.07, 6.45) is 7.24. The summed E-state index contributed by atoms with van der Waals surface area (Å²) in [5.41, 5.74) is 3.58. The monoisotopic (exact) mass is 389 g/mol. The quantitative estimate of drug-likeness (QED) is 0.657. The molecule has 4 heteroatoms. The second kappa shape index (κ2) is 7.68. The molecule has 2 heterocycles. The molecule has 0 aliphatic carbocycles. The van der Waals surface area contributed by atoms with E-state index in [1.54, 1.807) is 12.4 Å². The second-order valence-electron chi connectivity index (χ2n) is 9.79. The number of hydrogen-bond donors (Lipinski definition) is 1. The van der Waals surface area contributed by atoms with Crippen LogP contribution in [-0.4, -0.2) is 20.1 Å². The molecule has 0 aliphatic rings. The Morgan fingerprint density at radius 2 is 1.34 bits per heavy atom. The Balaban J connectivity index is 1.92. The maximum Gasteiger partial charge on any atom is 0.115 e. The van der Waals surface area contributed by atoms with E-state index in [0.717, 1.165) is 16.7 Å². The van der Waals surface area contributed by atoms with Gasteiger partial charge in [-0.15, -0.1) is 0 Å². The van der Waals surface area contributed by atoms with Gasteiger partial charge in [0, 0.05) is 30.6 Å². The first-order valence-electron chi connectivity index (χ1n) is 10.0. The highest BCUT2D eigenvalue weighted by Gasteiger charge is 2.43. The van der Waals surface area contributed by atoms with E-state index in [1.807, 2.05) is 39.1 Å². The first-order chi connectivity index (χ1) is 13.5. The second-order valence-corrected chi connectivity index (χ2v) is 9.79. The Bertz CT molecular complexity index is 937. The highest BCUT2D eigenvalue weighted by Crippen LogP contribution is 2.41. The van der Waals surface area contributed by atoms with Crippen molar-refractivity contribution in [1.29, 1.82) is 0 Å². The number of pyridine rings is 1. The molecule has 0 spiro atoms. The zero-order chi connectivity index (χ0) is 21.3. The summed E-state index contributed by atoms with van der Waals surface area (Å²) in [5.74, 6) is 0. The Morgan fingerprint density at radius 1 is 0.759 bits per heavy atom. The van der Waals surface area contributed by atoms with Crippen LogP contribution in [-0.2, 0) is 17.4 Å². The predicted octanol–water partition coefficient (Wildman–Crippen LogP) is 5.31. The fraction of sp³-hybridized carbons (Fsp3) is 0.400. The fourth-order valence-corrected chi connectivity index (χ4v) is 3.43. The van der Waals surface area contributed by atoms with Gasteiger partial charge in [0.05, 0.1) is 5.69 Å². The van der Waals surface area contributed by atoms with Crippen molar-refractivity contribution in [2.75, 3.05) is 0 Å². The lowest BCUT2D eigenvalue weighted by Gasteiger charge is -2.40. The summed E-state index contributed by atoms with van der Waals surface area (Å²) < 4.78 is 0. The molecule has 4 nitrogen and oxygen atoms in total. The van der Waals surface area contributed by atoms with E-state index in [9.17, 15) is 5.11 Å². The number of rotatable bonds is 4. The summed E-state index contributed by atoms with van der Waals surface area (Å²) in [6, 6.07) is 12.6. The van der Waals surface area contributed by atoms with Crippen LogP contribution in [0.1, 0.15) is 58.4 Å². The molecule has 0 saturated carbocycles. The zero-order valence-corrected chi connectivity index (χ0v) is 18.3. The Morgan fingerprint density at radius 3 is 1.83 bits per heavy atom. The fourth-order valence-electron chi connectivity index (χ4n) is 3.43. The largest absolute Gasteiger partial charge is 0.383 e. The van der Waals surface area contributed by atoms with Gasteiger partial charge in [0.1, 0.15) is 11.9 Å². The summed E-state index contributed by atoms with van der Waals surface area (Å²) in [7, 11) is 0. The van der Waals surface area contributed by atoms with E-state index in [1.165, 1.54) is 11.9 Å². The Hall–Kier alpha value is -2.59. The van der Waals surface area contributed by atoms with Gasteiger partial charge >= 0.3 is 0 Å². The molecular weight excluding hydrogens is 358 g/mol. The van der Waals surface area contributed by atoms with Gasteiger partial charge < -0.3 is 5.11 Å². The molecule has 1 unspecified atom stereocenters. The summed E-state index contributed by atoms with van der Waals surface area (Å²) >= 11 is 0. The average molecular weight is 390 g/mol. The number of nitrogens with zero attached hydrogens (tertiary/aromatic N) is 3. The van der Waals surface area contributed by atoms with Gasteiger partial charge in [-0.2, -0.15) is 0 Å². The molecule has 0 amide bonds. The molecule has 2 aromatic heterocycles. The van der Waals surface area contributed by atoms with Crippen LogP contribution >= 0.6 is 0 Å². The van der Waals surface area contributed by atoms with Crippen molar-refractivity contribution in [3.8, 4) is 11.1 Å². The van der Waals surface area contributed by atoms with E-state index < -0.39 is 11.0 Å². The first kappa shape index (κ1) is 21.1. The maximum absolute atomic E-state index is 11.6. The molecule has 3 rings (SSSR count). The van der Waals surface area contributed by atoms with E-state index in [-0.39, 0.29) is 5.41 Å². The molecule has 0 aliphatic heterocycles. The zero-order valence-electron chi connectivity index (χ0n) is 18.3. The standard InChI is InChI=1S/C25H31N3O/c1-23(2,3)21-10-7-19(8-11-21)20-9-12-22(28-16-20)25(29,24(4,5)6)13-18-14-26-17-27-15-18/h7-12,14-17,29H,13H2,1-6H3. The van der Waals surface area contributed by atoms with Crippen LogP contribution in [0.25, 0.3) is 11.1 Å². The predicted molar refractivity (Wildman–Crippen MR) is 117 cm³/mol. The van der Waals surface area contributed by atoms with Crippen LogP contribution in [0, 0.1) is 5.41 Å². The average Bonchev–Trinajstić information content (AvgIpc) is 2.67. The van der Waals surface area contributed by atoms with Crippen LogP contribution in [0.15, 0.2) is 61.3 Å². The number of aromatic nitrogens is 3. The van der Waals surface area contributed by atoms with Gasteiger partial charge in [0.15, 0.2) is 0 Å². The van der Waals surface area contributed by atoms with E-state index in [2.05, 4.69) is 60.0 Å².